The maximum atomic E-state index is 11.6. The molecule has 0 amide bonds. The maximum Gasteiger partial charge on any atom is 0.340 e. The maximum absolute atomic E-state index is 11.6. The molecule has 0 saturated carbocycles. The molecule has 6 nitrogen and oxygen atoms in total. The molecule has 6 heteroatoms. The molecule has 1 rings (SSSR count). The molecule has 0 saturated heterocycles. The number of esters is 1. The Morgan fingerprint density at radius 1 is 1.14 bits per heavy atom. The predicted octanol–water partition coefficient (Wildman–Crippen LogP) is 1.80. The number of carbonyl (C=O) groups excluding carboxylic acids is 1. The summed E-state index contributed by atoms with van der Waals surface area (Å²) in [5, 5.41) is 0. The van der Waals surface area contributed by atoms with Gasteiger partial charge < -0.3 is 24.7 Å². The van der Waals surface area contributed by atoms with Gasteiger partial charge >= 0.3 is 5.97 Å². The lowest BCUT2D eigenvalue weighted by atomic mass is 10.1. The van der Waals surface area contributed by atoms with Crippen LogP contribution in [0.2, 0.25) is 0 Å². The quantitative estimate of drug-likeness (QED) is 0.425. The fraction of sp³-hybridized carbons (Fsp3) is 0.533. The Labute approximate surface area is 125 Å². The first-order valence-corrected chi connectivity index (χ1v) is 6.78. The van der Waals surface area contributed by atoms with Crippen LogP contribution in [0.25, 0.3) is 0 Å². The van der Waals surface area contributed by atoms with Gasteiger partial charge in [-0.25, -0.2) is 4.79 Å². The number of rotatable bonds is 9. The van der Waals surface area contributed by atoms with Crippen LogP contribution in [0.4, 0.5) is 5.69 Å². The number of ether oxygens (including phenoxy) is 4. The second-order valence-corrected chi connectivity index (χ2v) is 4.50. The smallest absolute Gasteiger partial charge is 0.340 e. The number of carbonyl (C=O) groups is 1. The first kappa shape index (κ1) is 17.3. The topological polar surface area (TPSA) is 80.0 Å². The molecule has 0 aliphatic rings. The van der Waals surface area contributed by atoms with Crippen LogP contribution in [0.3, 0.4) is 0 Å². The highest BCUT2D eigenvalue weighted by atomic mass is 16.5. The molecule has 0 radical (unpaired) electrons. The minimum atomic E-state index is -0.475. The van der Waals surface area contributed by atoms with E-state index in [4.69, 9.17) is 24.7 Å². The average molecular weight is 297 g/mol. The zero-order valence-electron chi connectivity index (χ0n) is 12.8. The third-order valence-electron chi connectivity index (χ3n) is 2.90. The minimum absolute atomic E-state index is 0.313. The molecule has 0 aliphatic heterocycles. The van der Waals surface area contributed by atoms with Gasteiger partial charge in [0.15, 0.2) is 0 Å². The van der Waals surface area contributed by atoms with Crippen molar-refractivity contribution in [3.63, 3.8) is 0 Å². The first-order valence-electron chi connectivity index (χ1n) is 6.78. The molecule has 1 aromatic rings. The molecule has 2 N–H and O–H groups in total. The van der Waals surface area contributed by atoms with E-state index in [2.05, 4.69) is 0 Å². The van der Waals surface area contributed by atoms with Crippen molar-refractivity contribution >= 4 is 11.7 Å². The molecule has 0 unspecified atom stereocenters. The summed E-state index contributed by atoms with van der Waals surface area (Å²) < 4.78 is 20.6. The van der Waals surface area contributed by atoms with Crippen molar-refractivity contribution in [2.24, 2.45) is 0 Å². The SMILES string of the molecule is COCCCOCCOc1cc(C)c(N)c(C(=O)OC)c1. The molecular formula is C15H23NO5. The number of benzene rings is 1. The lowest BCUT2D eigenvalue weighted by molar-refractivity contribution is 0.0601. The van der Waals surface area contributed by atoms with E-state index in [1.54, 1.807) is 19.2 Å². The fourth-order valence-electron chi connectivity index (χ4n) is 1.75. The van der Waals surface area contributed by atoms with Crippen LogP contribution in [0.5, 0.6) is 5.75 Å². The molecule has 0 heterocycles. The van der Waals surface area contributed by atoms with Crippen LogP contribution < -0.4 is 10.5 Å². The molecule has 0 bridgehead atoms. The molecule has 0 atom stereocenters. The van der Waals surface area contributed by atoms with E-state index in [-0.39, 0.29) is 0 Å². The summed E-state index contributed by atoms with van der Waals surface area (Å²) in [5.41, 5.74) is 7.35. The number of hydrogen-bond acceptors (Lipinski definition) is 6. The van der Waals surface area contributed by atoms with Crippen molar-refractivity contribution in [3.05, 3.63) is 23.3 Å². The van der Waals surface area contributed by atoms with E-state index in [9.17, 15) is 4.79 Å². The number of anilines is 1. The largest absolute Gasteiger partial charge is 0.491 e. The van der Waals surface area contributed by atoms with Crippen molar-refractivity contribution in [3.8, 4) is 5.75 Å². The molecular weight excluding hydrogens is 274 g/mol. The van der Waals surface area contributed by atoms with E-state index in [1.807, 2.05) is 6.92 Å². The van der Waals surface area contributed by atoms with Crippen molar-refractivity contribution in [2.45, 2.75) is 13.3 Å². The van der Waals surface area contributed by atoms with Crippen LogP contribution in [0.1, 0.15) is 22.3 Å². The van der Waals surface area contributed by atoms with Gasteiger partial charge in [-0.3, -0.25) is 0 Å². The third kappa shape index (κ3) is 5.61. The van der Waals surface area contributed by atoms with E-state index in [0.717, 1.165) is 12.0 Å². The van der Waals surface area contributed by atoms with Crippen molar-refractivity contribution in [1.82, 2.24) is 0 Å². The van der Waals surface area contributed by atoms with E-state index in [0.29, 0.717) is 43.4 Å². The molecule has 0 fully saturated rings. The highest BCUT2D eigenvalue weighted by Crippen LogP contribution is 2.25. The van der Waals surface area contributed by atoms with Crippen molar-refractivity contribution < 1.29 is 23.7 Å². The first-order chi connectivity index (χ1) is 10.1. The number of nitrogens with two attached hydrogens (primary N) is 1. The zero-order valence-corrected chi connectivity index (χ0v) is 12.8. The van der Waals surface area contributed by atoms with Gasteiger partial charge in [-0.2, -0.15) is 0 Å². The summed E-state index contributed by atoms with van der Waals surface area (Å²) in [6.45, 7) is 4.00. The predicted molar refractivity (Wildman–Crippen MR) is 79.7 cm³/mol. The van der Waals surface area contributed by atoms with Crippen molar-refractivity contribution in [1.29, 1.82) is 0 Å². The average Bonchev–Trinajstić information content (AvgIpc) is 2.48. The summed E-state index contributed by atoms with van der Waals surface area (Å²) in [5.74, 6) is 0.0967. The van der Waals surface area contributed by atoms with Gasteiger partial charge in [0.1, 0.15) is 12.4 Å². The van der Waals surface area contributed by atoms with Gasteiger partial charge in [-0.15, -0.1) is 0 Å². The Morgan fingerprint density at radius 2 is 1.90 bits per heavy atom. The highest BCUT2D eigenvalue weighted by Gasteiger charge is 2.13. The van der Waals surface area contributed by atoms with Crippen LogP contribution in [-0.4, -0.2) is 46.6 Å². The zero-order chi connectivity index (χ0) is 15.7. The third-order valence-corrected chi connectivity index (χ3v) is 2.90. The summed E-state index contributed by atoms with van der Waals surface area (Å²) in [7, 11) is 2.98. The van der Waals surface area contributed by atoms with E-state index >= 15 is 0 Å². The van der Waals surface area contributed by atoms with Crippen LogP contribution in [0.15, 0.2) is 12.1 Å². The van der Waals surface area contributed by atoms with Crippen LogP contribution in [-0.2, 0) is 14.2 Å². The second-order valence-electron chi connectivity index (χ2n) is 4.50. The molecule has 0 aromatic heterocycles. The Morgan fingerprint density at radius 3 is 2.57 bits per heavy atom. The number of aryl methyl sites for hydroxylation is 1. The van der Waals surface area contributed by atoms with Crippen molar-refractivity contribution in [2.75, 3.05) is 46.4 Å². The number of nitrogen functional groups attached to an aromatic ring is 1. The minimum Gasteiger partial charge on any atom is -0.491 e. The number of hydrogen-bond donors (Lipinski definition) is 1. The Hall–Kier alpha value is -1.79. The molecule has 118 valence electrons. The Balaban J connectivity index is 2.48. The molecule has 0 aliphatic carbocycles. The second kappa shape index (κ2) is 9.20. The summed E-state index contributed by atoms with van der Waals surface area (Å²) in [6, 6.07) is 3.37. The standard InChI is InChI=1S/C15H23NO5/c1-11-9-12(10-13(14(11)16)15(17)19-3)21-8-7-20-6-4-5-18-2/h9-10H,4-8,16H2,1-3H3. The Bertz CT molecular complexity index is 462. The van der Waals surface area contributed by atoms with Gasteiger partial charge in [0.05, 0.1) is 19.3 Å². The lowest BCUT2D eigenvalue weighted by Crippen LogP contribution is -2.11. The molecule has 1 aromatic carbocycles. The van der Waals surface area contributed by atoms with Gasteiger partial charge in [0.2, 0.25) is 0 Å². The van der Waals surface area contributed by atoms with Crippen LogP contribution >= 0.6 is 0 Å². The summed E-state index contributed by atoms with van der Waals surface area (Å²) in [6.07, 6.45) is 0.851. The highest BCUT2D eigenvalue weighted by molar-refractivity contribution is 5.96. The van der Waals surface area contributed by atoms with Gasteiger partial charge in [0, 0.05) is 26.0 Å². The van der Waals surface area contributed by atoms with Crippen LogP contribution in [0, 0.1) is 6.92 Å². The van der Waals surface area contributed by atoms with Gasteiger partial charge in [-0.1, -0.05) is 0 Å². The summed E-state index contributed by atoms with van der Waals surface area (Å²) in [4.78, 5) is 11.6. The van der Waals surface area contributed by atoms with E-state index in [1.165, 1.54) is 7.11 Å². The monoisotopic (exact) mass is 297 g/mol. The summed E-state index contributed by atoms with van der Waals surface area (Å²) >= 11 is 0. The molecule has 0 spiro atoms. The fourth-order valence-corrected chi connectivity index (χ4v) is 1.75. The normalized spacial score (nSPS) is 10.4. The Kier molecular flexibility index (Phi) is 7.56. The van der Waals surface area contributed by atoms with E-state index < -0.39 is 5.97 Å². The van der Waals surface area contributed by atoms with Gasteiger partial charge in [-0.05, 0) is 31.0 Å². The molecule has 21 heavy (non-hydrogen) atoms. The lowest BCUT2D eigenvalue weighted by Gasteiger charge is -2.12. The van der Waals surface area contributed by atoms with Gasteiger partial charge in [0.25, 0.3) is 0 Å². The number of methoxy groups -OCH3 is 2.